The molecule has 2 aromatic heterocycles. The molecule has 1 fully saturated rings. The predicted octanol–water partition coefficient (Wildman–Crippen LogP) is -0.342. The zero-order chi connectivity index (χ0) is 21.4. The van der Waals surface area contributed by atoms with E-state index in [2.05, 4.69) is 10.2 Å². The van der Waals surface area contributed by atoms with Gasteiger partial charge in [-0.25, -0.2) is 0 Å². The summed E-state index contributed by atoms with van der Waals surface area (Å²) in [5.41, 5.74) is 0.280. The van der Waals surface area contributed by atoms with Crippen molar-refractivity contribution in [3.8, 4) is 0 Å². The molecule has 0 bridgehead atoms. The molecule has 3 aromatic rings. The average molecular weight is 418 g/mol. The van der Waals surface area contributed by atoms with Gasteiger partial charge in [0.05, 0.1) is 17.5 Å². The summed E-state index contributed by atoms with van der Waals surface area (Å²) in [5.74, 6) is 0.187. The summed E-state index contributed by atoms with van der Waals surface area (Å²) in [5, 5.41) is 58.3. The van der Waals surface area contributed by atoms with E-state index in [0.29, 0.717) is 10.9 Å². The molecule has 30 heavy (non-hydrogen) atoms. The van der Waals surface area contributed by atoms with E-state index in [1.165, 1.54) is 4.40 Å². The first-order valence-corrected chi connectivity index (χ1v) is 10.2. The van der Waals surface area contributed by atoms with Crippen molar-refractivity contribution < 1.29 is 25.5 Å². The van der Waals surface area contributed by atoms with Gasteiger partial charge < -0.3 is 25.5 Å². The molecule has 1 saturated carbocycles. The fourth-order valence-corrected chi connectivity index (χ4v) is 4.28. The number of fused-ring (bicyclic) bond motifs is 3. The van der Waals surface area contributed by atoms with E-state index in [-0.39, 0.29) is 23.2 Å². The maximum Gasteiger partial charge on any atom is 0.263 e. The number of benzene rings is 1. The van der Waals surface area contributed by atoms with E-state index in [4.69, 9.17) is 5.11 Å². The van der Waals surface area contributed by atoms with Gasteiger partial charge in [-0.3, -0.25) is 13.8 Å². The van der Waals surface area contributed by atoms with Gasteiger partial charge in [0.1, 0.15) is 24.4 Å². The number of para-hydroxylation sites is 1. The first kappa shape index (κ1) is 20.9. The molecule has 4 atom stereocenters. The maximum atomic E-state index is 13.3. The van der Waals surface area contributed by atoms with Crippen LogP contribution in [0, 0.1) is 0 Å². The number of hydrogen-bond acceptors (Lipinski definition) is 8. The van der Waals surface area contributed by atoms with Gasteiger partial charge in [0.15, 0.2) is 5.82 Å². The molecular formula is C20H26N4O6. The van der Waals surface area contributed by atoms with Gasteiger partial charge in [-0.05, 0) is 25.0 Å². The van der Waals surface area contributed by atoms with E-state index >= 15 is 0 Å². The highest BCUT2D eigenvalue weighted by Gasteiger charge is 2.35. The summed E-state index contributed by atoms with van der Waals surface area (Å²) in [6, 6.07) is 6.83. The van der Waals surface area contributed by atoms with Crippen molar-refractivity contribution in [2.45, 2.75) is 62.6 Å². The van der Waals surface area contributed by atoms with Crippen LogP contribution in [-0.2, 0) is 0 Å². The molecule has 0 saturated heterocycles. The summed E-state index contributed by atoms with van der Waals surface area (Å²) in [7, 11) is 0. The Morgan fingerprint density at radius 1 is 1.00 bits per heavy atom. The fourth-order valence-electron chi connectivity index (χ4n) is 4.28. The Morgan fingerprint density at radius 3 is 2.40 bits per heavy atom. The molecule has 4 rings (SSSR count). The Morgan fingerprint density at radius 2 is 1.70 bits per heavy atom. The lowest BCUT2D eigenvalue weighted by Gasteiger charge is -2.26. The third-order valence-electron chi connectivity index (χ3n) is 5.94. The smallest absolute Gasteiger partial charge is 0.263 e. The highest BCUT2D eigenvalue weighted by molar-refractivity contribution is 5.80. The van der Waals surface area contributed by atoms with Crippen LogP contribution in [0.25, 0.3) is 16.7 Å². The Labute approximate surface area is 171 Å². The minimum Gasteiger partial charge on any atom is -0.394 e. The fraction of sp³-hybridized carbons (Fsp3) is 0.550. The molecule has 0 unspecified atom stereocenters. The first-order valence-electron chi connectivity index (χ1n) is 10.2. The highest BCUT2D eigenvalue weighted by atomic mass is 16.4. The van der Waals surface area contributed by atoms with E-state index in [1.807, 2.05) is 0 Å². The van der Waals surface area contributed by atoms with Crippen molar-refractivity contribution in [3.63, 3.8) is 0 Å². The monoisotopic (exact) mass is 418 g/mol. The van der Waals surface area contributed by atoms with Crippen molar-refractivity contribution in [1.29, 1.82) is 0 Å². The SMILES string of the molecule is O=c1c2ccccc2n2c([C@@H](O)[C@@H](O)[C@H](O)[C@H](O)CO)nnc2n1C1CCCCC1. The lowest BCUT2D eigenvalue weighted by Crippen LogP contribution is -2.43. The number of aliphatic hydroxyl groups excluding tert-OH is 5. The summed E-state index contributed by atoms with van der Waals surface area (Å²) in [6.45, 7) is -0.782. The summed E-state index contributed by atoms with van der Waals surface area (Å²) < 4.78 is 3.12. The molecular weight excluding hydrogens is 392 g/mol. The van der Waals surface area contributed by atoms with Crippen LogP contribution in [0.3, 0.4) is 0 Å². The van der Waals surface area contributed by atoms with Gasteiger partial charge in [0.2, 0.25) is 5.78 Å². The standard InChI is InChI=1S/C20H26N4O6/c25-10-14(26)15(27)16(28)17(29)18-21-22-20-23(11-6-2-1-3-7-11)19(30)12-8-4-5-9-13(12)24(18)20/h4-5,8-9,11,14-17,25-29H,1-3,6-7,10H2/t14-,15-,16+,17+/m1/s1. The number of aliphatic hydroxyl groups is 5. The summed E-state index contributed by atoms with van der Waals surface area (Å²) in [4.78, 5) is 13.3. The van der Waals surface area contributed by atoms with Gasteiger partial charge in [0.25, 0.3) is 5.56 Å². The second-order valence-corrected chi connectivity index (χ2v) is 7.85. The van der Waals surface area contributed by atoms with Crippen LogP contribution in [0.5, 0.6) is 0 Å². The molecule has 1 aliphatic carbocycles. The second-order valence-electron chi connectivity index (χ2n) is 7.85. The molecule has 2 heterocycles. The zero-order valence-corrected chi connectivity index (χ0v) is 16.4. The van der Waals surface area contributed by atoms with Gasteiger partial charge in [-0.15, -0.1) is 10.2 Å². The van der Waals surface area contributed by atoms with Gasteiger partial charge in [-0.1, -0.05) is 31.4 Å². The largest absolute Gasteiger partial charge is 0.394 e. The number of hydrogen-bond donors (Lipinski definition) is 5. The Bertz CT molecular complexity index is 1090. The molecule has 0 aliphatic heterocycles. The lowest BCUT2D eigenvalue weighted by molar-refractivity contribution is -0.118. The van der Waals surface area contributed by atoms with Crippen LogP contribution in [-0.4, -0.2) is 69.6 Å². The second kappa shape index (κ2) is 8.40. The van der Waals surface area contributed by atoms with Crippen LogP contribution >= 0.6 is 0 Å². The van der Waals surface area contributed by atoms with E-state index < -0.39 is 31.0 Å². The minimum absolute atomic E-state index is 0.0423. The highest BCUT2D eigenvalue weighted by Crippen LogP contribution is 2.30. The molecule has 10 heteroatoms. The van der Waals surface area contributed by atoms with Crippen molar-refractivity contribution in [2.24, 2.45) is 0 Å². The molecule has 162 valence electrons. The Kier molecular flexibility index (Phi) is 5.85. The third kappa shape index (κ3) is 3.40. The Hall–Kier alpha value is -2.37. The van der Waals surface area contributed by atoms with Gasteiger partial charge in [0, 0.05) is 6.04 Å². The third-order valence-corrected chi connectivity index (χ3v) is 5.94. The molecule has 0 radical (unpaired) electrons. The van der Waals surface area contributed by atoms with Gasteiger partial charge in [-0.2, -0.15) is 0 Å². The Balaban J connectivity index is 1.91. The maximum absolute atomic E-state index is 13.3. The topological polar surface area (TPSA) is 153 Å². The molecule has 1 aliphatic rings. The van der Waals surface area contributed by atoms with Crippen LogP contribution in [0.4, 0.5) is 0 Å². The lowest BCUT2D eigenvalue weighted by atomic mass is 9.95. The predicted molar refractivity (Wildman–Crippen MR) is 107 cm³/mol. The van der Waals surface area contributed by atoms with E-state index in [0.717, 1.165) is 32.1 Å². The number of nitrogens with zero attached hydrogens (tertiary/aromatic N) is 4. The molecule has 10 nitrogen and oxygen atoms in total. The molecule has 1 aromatic carbocycles. The van der Waals surface area contributed by atoms with Crippen LogP contribution < -0.4 is 5.56 Å². The quantitative estimate of drug-likeness (QED) is 0.364. The van der Waals surface area contributed by atoms with Crippen molar-refractivity contribution in [3.05, 3.63) is 40.4 Å². The molecule has 0 amide bonds. The zero-order valence-electron chi connectivity index (χ0n) is 16.4. The van der Waals surface area contributed by atoms with Crippen molar-refractivity contribution in [1.82, 2.24) is 19.2 Å². The minimum atomic E-state index is -1.83. The summed E-state index contributed by atoms with van der Waals surface area (Å²) in [6.07, 6.45) is -2.17. The van der Waals surface area contributed by atoms with E-state index in [9.17, 15) is 25.2 Å². The van der Waals surface area contributed by atoms with Crippen LogP contribution in [0.1, 0.15) is 50.1 Å². The van der Waals surface area contributed by atoms with Crippen molar-refractivity contribution in [2.75, 3.05) is 6.61 Å². The summed E-state index contributed by atoms with van der Waals surface area (Å²) >= 11 is 0. The number of rotatable bonds is 6. The van der Waals surface area contributed by atoms with Crippen LogP contribution in [0.2, 0.25) is 0 Å². The molecule has 5 N–H and O–H groups in total. The van der Waals surface area contributed by atoms with Crippen molar-refractivity contribution >= 4 is 16.7 Å². The van der Waals surface area contributed by atoms with Crippen LogP contribution in [0.15, 0.2) is 29.1 Å². The normalized spacial score (nSPS) is 19.8. The first-order chi connectivity index (χ1) is 14.5. The van der Waals surface area contributed by atoms with Gasteiger partial charge >= 0.3 is 0 Å². The number of aromatic nitrogens is 4. The average Bonchev–Trinajstić information content (AvgIpc) is 3.22. The van der Waals surface area contributed by atoms with E-state index in [1.54, 1.807) is 28.8 Å². The molecule has 0 spiro atoms.